The van der Waals surface area contributed by atoms with E-state index in [1.165, 1.54) is 19.8 Å². The molecule has 1 aliphatic heterocycles. The van der Waals surface area contributed by atoms with Crippen molar-refractivity contribution in [2.75, 3.05) is 40.4 Å². The Morgan fingerprint density at radius 3 is 2.56 bits per heavy atom. The van der Waals surface area contributed by atoms with Gasteiger partial charge in [0.25, 0.3) is 5.91 Å². The Morgan fingerprint density at radius 2 is 1.92 bits per heavy atom. The van der Waals surface area contributed by atoms with Gasteiger partial charge in [-0.3, -0.25) is 9.52 Å². The van der Waals surface area contributed by atoms with Gasteiger partial charge in [-0.1, -0.05) is 6.92 Å². The van der Waals surface area contributed by atoms with E-state index in [0.29, 0.717) is 40.5 Å². The molecular formula is C25H35N5O5S. The van der Waals surface area contributed by atoms with Gasteiger partial charge in [0.1, 0.15) is 5.82 Å². The number of amides is 1. The third-order valence-corrected chi connectivity index (χ3v) is 8.08. The Balaban J connectivity index is 1.60. The molecule has 2 aromatic rings. The van der Waals surface area contributed by atoms with Crippen molar-refractivity contribution in [1.82, 2.24) is 9.97 Å². The van der Waals surface area contributed by atoms with Crippen molar-refractivity contribution in [2.45, 2.75) is 59.0 Å². The molecule has 0 bridgehead atoms. The van der Waals surface area contributed by atoms with Crippen LogP contribution < -0.4 is 19.7 Å². The molecule has 1 spiro atoms. The standard InChI is InChI=1S/C25H35N5O5S/c1-4-13-35-24-26-17(2)14-22(28-24)27-23(32)20-6-5-19(29-36(33,34)16-18(3)31)15-21(20)30-11-9-25(7-8-25)10-12-30/h5-6,14-15,18,29,31H,4,7-13,16H2,1-3H3,(H,26,27,28,32)/t18-/m1/s1. The first-order chi connectivity index (χ1) is 17.1. The monoisotopic (exact) mass is 517 g/mol. The summed E-state index contributed by atoms with van der Waals surface area (Å²) in [5.41, 5.74) is 2.55. The van der Waals surface area contributed by atoms with E-state index in [9.17, 15) is 18.3 Å². The lowest BCUT2D eigenvalue weighted by Crippen LogP contribution is -2.36. The van der Waals surface area contributed by atoms with Gasteiger partial charge < -0.3 is 20.1 Å². The third-order valence-electron chi connectivity index (χ3n) is 6.61. The number of nitrogens with zero attached hydrogens (tertiary/aromatic N) is 3. The van der Waals surface area contributed by atoms with Crippen LogP contribution in [0.2, 0.25) is 0 Å². The Labute approximate surface area is 212 Å². The molecule has 1 aromatic carbocycles. The SMILES string of the molecule is CCCOc1nc(C)cc(NC(=O)c2ccc(NS(=O)(=O)C[C@@H](C)O)cc2N2CCC3(CC2)CC3)n1. The second-order valence-electron chi connectivity index (χ2n) is 9.93. The van der Waals surface area contributed by atoms with Crippen LogP contribution in [0.3, 0.4) is 0 Å². The molecular weight excluding hydrogens is 482 g/mol. The number of ether oxygens (including phenoxy) is 1. The summed E-state index contributed by atoms with van der Waals surface area (Å²) in [5.74, 6) is -0.428. The first-order valence-corrected chi connectivity index (χ1v) is 14.1. The Bertz CT molecular complexity index is 1200. The number of hydrogen-bond donors (Lipinski definition) is 3. The third kappa shape index (κ3) is 6.64. The zero-order chi connectivity index (χ0) is 25.9. The van der Waals surface area contributed by atoms with E-state index in [4.69, 9.17) is 4.74 Å². The molecule has 36 heavy (non-hydrogen) atoms. The normalized spacial score (nSPS) is 17.5. The number of aliphatic hydroxyl groups is 1. The first kappa shape index (κ1) is 26.2. The van der Waals surface area contributed by atoms with E-state index < -0.39 is 21.9 Å². The van der Waals surface area contributed by atoms with Crippen molar-refractivity contribution in [3.05, 3.63) is 35.5 Å². The van der Waals surface area contributed by atoms with Gasteiger partial charge in [-0.15, -0.1) is 0 Å². The van der Waals surface area contributed by atoms with Crippen molar-refractivity contribution >= 4 is 33.1 Å². The van der Waals surface area contributed by atoms with Crippen molar-refractivity contribution in [3.8, 4) is 6.01 Å². The molecule has 1 saturated carbocycles. The molecule has 0 radical (unpaired) electrons. The number of nitrogens with one attached hydrogen (secondary N) is 2. The minimum atomic E-state index is -3.74. The minimum absolute atomic E-state index is 0.209. The summed E-state index contributed by atoms with van der Waals surface area (Å²) in [6.45, 7) is 7.28. The average Bonchev–Trinajstić information content (AvgIpc) is 3.55. The molecule has 2 heterocycles. The second-order valence-corrected chi connectivity index (χ2v) is 11.7. The van der Waals surface area contributed by atoms with E-state index in [1.807, 2.05) is 6.92 Å². The van der Waals surface area contributed by atoms with Crippen LogP contribution in [0.4, 0.5) is 17.2 Å². The minimum Gasteiger partial charge on any atom is -0.463 e. The molecule has 4 rings (SSSR count). The summed E-state index contributed by atoms with van der Waals surface area (Å²) in [7, 11) is -3.74. The van der Waals surface area contributed by atoms with Crippen molar-refractivity contribution in [2.24, 2.45) is 5.41 Å². The number of hydrogen-bond acceptors (Lipinski definition) is 8. The summed E-state index contributed by atoms with van der Waals surface area (Å²) >= 11 is 0. The zero-order valence-corrected chi connectivity index (χ0v) is 21.9. The van der Waals surface area contributed by atoms with Crippen molar-refractivity contribution < 1.29 is 23.1 Å². The van der Waals surface area contributed by atoms with E-state index >= 15 is 0 Å². The van der Waals surface area contributed by atoms with E-state index in [0.717, 1.165) is 32.4 Å². The van der Waals surface area contributed by atoms with Crippen molar-refractivity contribution in [3.63, 3.8) is 0 Å². The summed E-state index contributed by atoms with van der Waals surface area (Å²) in [6.07, 6.45) is 4.43. The average molecular weight is 518 g/mol. The van der Waals surface area contributed by atoms with Gasteiger partial charge in [-0.25, -0.2) is 13.4 Å². The lowest BCUT2D eigenvalue weighted by atomic mass is 9.93. The molecule has 1 saturated heterocycles. The van der Waals surface area contributed by atoms with Crippen LogP contribution in [0.1, 0.15) is 62.0 Å². The lowest BCUT2D eigenvalue weighted by Gasteiger charge is -2.35. The molecule has 10 nitrogen and oxygen atoms in total. The van der Waals surface area contributed by atoms with Gasteiger partial charge in [-0.05, 0) is 69.6 Å². The number of benzene rings is 1. The molecule has 1 atom stereocenters. The summed E-state index contributed by atoms with van der Waals surface area (Å²) < 4.78 is 32.9. The van der Waals surface area contributed by atoms with E-state index in [2.05, 4.69) is 24.9 Å². The van der Waals surface area contributed by atoms with E-state index in [1.54, 1.807) is 31.2 Å². The molecule has 2 fully saturated rings. The number of piperidine rings is 1. The molecule has 2 aliphatic rings. The maximum atomic E-state index is 13.4. The maximum absolute atomic E-state index is 13.4. The highest BCUT2D eigenvalue weighted by atomic mass is 32.2. The summed E-state index contributed by atoms with van der Waals surface area (Å²) in [6, 6.07) is 6.76. The summed E-state index contributed by atoms with van der Waals surface area (Å²) in [5, 5.41) is 12.4. The quantitative estimate of drug-likeness (QED) is 0.437. The van der Waals surface area contributed by atoms with Gasteiger partial charge >= 0.3 is 6.01 Å². The Hall–Kier alpha value is -2.92. The van der Waals surface area contributed by atoms with Gasteiger partial charge in [0.05, 0.1) is 35.4 Å². The van der Waals surface area contributed by atoms with Crippen LogP contribution in [-0.4, -0.2) is 61.0 Å². The molecule has 1 amide bonds. The topological polar surface area (TPSA) is 134 Å². The highest BCUT2D eigenvalue weighted by Crippen LogP contribution is 2.54. The predicted molar refractivity (Wildman–Crippen MR) is 139 cm³/mol. The van der Waals surface area contributed by atoms with Crippen LogP contribution in [0.15, 0.2) is 24.3 Å². The number of sulfonamides is 1. The van der Waals surface area contributed by atoms with Crippen LogP contribution in [-0.2, 0) is 10.0 Å². The highest BCUT2D eigenvalue weighted by molar-refractivity contribution is 7.92. The number of aromatic nitrogens is 2. The molecule has 3 N–H and O–H groups in total. The number of aryl methyl sites for hydroxylation is 1. The number of rotatable bonds is 10. The Morgan fingerprint density at radius 1 is 1.19 bits per heavy atom. The number of aliphatic hydroxyl groups excluding tert-OH is 1. The number of carbonyl (C=O) groups excluding carboxylic acids is 1. The van der Waals surface area contributed by atoms with Crippen LogP contribution in [0.25, 0.3) is 0 Å². The second kappa shape index (κ2) is 10.6. The largest absolute Gasteiger partial charge is 0.463 e. The smallest absolute Gasteiger partial charge is 0.318 e. The fourth-order valence-electron chi connectivity index (χ4n) is 4.53. The first-order valence-electron chi connectivity index (χ1n) is 12.5. The molecule has 196 valence electrons. The van der Waals surface area contributed by atoms with Crippen LogP contribution in [0.5, 0.6) is 6.01 Å². The highest BCUT2D eigenvalue weighted by Gasteiger charge is 2.44. The van der Waals surface area contributed by atoms with Crippen LogP contribution in [0, 0.1) is 12.3 Å². The Kier molecular flexibility index (Phi) is 7.70. The van der Waals surface area contributed by atoms with Crippen LogP contribution >= 0.6 is 0 Å². The maximum Gasteiger partial charge on any atom is 0.318 e. The molecule has 1 aromatic heterocycles. The molecule has 11 heteroatoms. The van der Waals surface area contributed by atoms with E-state index in [-0.39, 0.29) is 11.9 Å². The number of carbonyl (C=O) groups is 1. The summed E-state index contributed by atoms with van der Waals surface area (Å²) in [4.78, 5) is 24.1. The van der Waals surface area contributed by atoms with Gasteiger partial charge in [0, 0.05) is 24.8 Å². The lowest BCUT2D eigenvalue weighted by molar-refractivity contribution is 0.102. The molecule has 0 unspecified atom stereocenters. The molecule has 1 aliphatic carbocycles. The van der Waals surface area contributed by atoms with Gasteiger partial charge in [-0.2, -0.15) is 4.98 Å². The van der Waals surface area contributed by atoms with Gasteiger partial charge in [0.2, 0.25) is 10.0 Å². The predicted octanol–water partition coefficient (Wildman–Crippen LogP) is 3.33. The fraction of sp³-hybridized carbons (Fsp3) is 0.560. The van der Waals surface area contributed by atoms with Gasteiger partial charge in [0.15, 0.2) is 0 Å². The fourth-order valence-corrected chi connectivity index (χ4v) is 5.74. The zero-order valence-electron chi connectivity index (χ0n) is 21.1. The van der Waals surface area contributed by atoms with Crippen molar-refractivity contribution in [1.29, 1.82) is 0 Å². The number of anilines is 3.